The summed E-state index contributed by atoms with van der Waals surface area (Å²) in [5.74, 6) is 0.630. The van der Waals surface area contributed by atoms with Gasteiger partial charge >= 0.3 is 5.97 Å². The van der Waals surface area contributed by atoms with Gasteiger partial charge in [-0.15, -0.1) is 11.3 Å². The molecule has 0 atom stereocenters. The molecule has 0 aliphatic rings. The van der Waals surface area contributed by atoms with Gasteiger partial charge in [0, 0.05) is 4.88 Å². The molecule has 19 heavy (non-hydrogen) atoms. The Bertz CT molecular complexity index is 545. The fourth-order valence-electron chi connectivity index (χ4n) is 1.52. The van der Waals surface area contributed by atoms with E-state index >= 15 is 0 Å². The maximum Gasteiger partial charge on any atom is 0.345 e. The number of carboxylic acids is 1. The maximum atomic E-state index is 10.7. The van der Waals surface area contributed by atoms with Crippen LogP contribution >= 0.6 is 11.3 Å². The molecule has 0 saturated carbocycles. The van der Waals surface area contributed by atoms with Gasteiger partial charge in [-0.3, -0.25) is 0 Å². The zero-order chi connectivity index (χ0) is 13.7. The third-order valence-corrected chi connectivity index (χ3v) is 3.44. The number of rotatable bonds is 6. The first-order chi connectivity index (χ1) is 9.19. The van der Waals surface area contributed by atoms with Crippen LogP contribution in [0.1, 0.15) is 21.5 Å². The number of aromatic carboxylic acids is 1. The number of carboxylic acid groups (broad SMARTS) is 1. The average Bonchev–Trinajstić information content (AvgIpc) is 2.87. The van der Waals surface area contributed by atoms with Crippen LogP contribution < -0.4 is 9.47 Å². The van der Waals surface area contributed by atoms with Crippen LogP contribution in [0.15, 0.2) is 36.4 Å². The van der Waals surface area contributed by atoms with Gasteiger partial charge in [0.2, 0.25) is 0 Å². The summed E-state index contributed by atoms with van der Waals surface area (Å²) in [6.45, 7) is 2.93. The Morgan fingerprint density at radius 1 is 1.11 bits per heavy atom. The van der Waals surface area contributed by atoms with Crippen molar-refractivity contribution in [3.8, 4) is 11.5 Å². The second-order valence-electron chi connectivity index (χ2n) is 3.76. The van der Waals surface area contributed by atoms with Crippen molar-refractivity contribution in [3.63, 3.8) is 0 Å². The monoisotopic (exact) mass is 278 g/mol. The molecule has 0 aliphatic heterocycles. The second-order valence-corrected chi connectivity index (χ2v) is 4.93. The van der Waals surface area contributed by atoms with Crippen molar-refractivity contribution in [1.82, 2.24) is 0 Å². The highest BCUT2D eigenvalue weighted by Crippen LogP contribution is 2.21. The Labute approximate surface area is 115 Å². The number of thiophene rings is 1. The quantitative estimate of drug-likeness (QED) is 0.879. The number of hydrogen-bond acceptors (Lipinski definition) is 4. The Morgan fingerprint density at radius 2 is 1.74 bits per heavy atom. The normalized spacial score (nSPS) is 10.2. The topological polar surface area (TPSA) is 55.8 Å². The van der Waals surface area contributed by atoms with E-state index < -0.39 is 5.97 Å². The summed E-state index contributed by atoms with van der Waals surface area (Å²) in [5.41, 5.74) is 0. The summed E-state index contributed by atoms with van der Waals surface area (Å²) in [4.78, 5) is 11.9. The van der Waals surface area contributed by atoms with Gasteiger partial charge in [0.05, 0.1) is 6.61 Å². The molecule has 2 aromatic rings. The molecule has 1 heterocycles. The Kier molecular flexibility index (Phi) is 4.41. The minimum Gasteiger partial charge on any atom is -0.494 e. The first kappa shape index (κ1) is 13.4. The van der Waals surface area contributed by atoms with Crippen molar-refractivity contribution >= 4 is 17.3 Å². The summed E-state index contributed by atoms with van der Waals surface area (Å²) < 4.78 is 10.9. The van der Waals surface area contributed by atoms with Crippen LogP contribution in [-0.2, 0) is 6.61 Å². The Morgan fingerprint density at radius 3 is 2.26 bits per heavy atom. The molecule has 0 bridgehead atoms. The fourth-order valence-corrected chi connectivity index (χ4v) is 2.28. The highest BCUT2D eigenvalue weighted by molar-refractivity contribution is 7.13. The number of carbonyl (C=O) groups is 1. The molecule has 0 radical (unpaired) electrons. The molecule has 0 saturated heterocycles. The summed E-state index contributed by atoms with van der Waals surface area (Å²) in [5, 5.41) is 8.82. The molecular weight excluding hydrogens is 264 g/mol. The third kappa shape index (κ3) is 3.72. The predicted molar refractivity (Wildman–Crippen MR) is 73.2 cm³/mol. The van der Waals surface area contributed by atoms with Crippen molar-refractivity contribution in [3.05, 3.63) is 46.2 Å². The van der Waals surface area contributed by atoms with Crippen molar-refractivity contribution in [1.29, 1.82) is 0 Å². The van der Waals surface area contributed by atoms with E-state index in [1.165, 1.54) is 11.3 Å². The lowest BCUT2D eigenvalue weighted by molar-refractivity contribution is 0.0702. The summed E-state index contributed by atoms with van der Waals surface area (Å²) >= 11 is 1.22. The van der Waals surface area contributed by atoms with E-state index in [1.807, 2.05) is 31.2 Å². The zero-order valence-electron chi connectivity index (χ0n) is 10.5. The first-order valence-electron chi connectivity index (χ1n) is 5.86. The number of benzene rings is 1. The van der Waals surface area contributed by atoms with Gasteiger partial charge in [-0.25, -0.2) is 4.79 Å². The highest BCUT2D eigenvalue weighted by atomic mass is 32.1. The maximum absolute atomic E-state index is 10.7. The molecule has 0 aliphatic carbocycles. The molecule has 0 spiro atoms. The molecule has 2 rings (SSSR count). The van der Waals surface area contributed by atoms with E-state index in [-0.39, 0.29) is 0 Å². The minimum atomic E-state index is -0.905. The van der Waals surface area contributed by atoms with E-state index in [4.69, 9.17) is 14.6 Å². The van der Waals surface area contributed by atoms with E-state index in [2.05, 4.69) is 0 Å². The SMILES string of the molecule is CCOc1ccc(OCc2ccc(C(=O)O)s2)cc1. The zero-order valence-corrected chi connectivity index (χ0v) is 11.3. The van der Waals surface area contributed by atoms with Crippen molar-refractivity contribution in [2.45, 2.75) is 13.5 Å². The third-order valence-electron chi connectivity index (χ3n) is 2.39. The smallest absolute Gasteiger partial charge is 0.345 e. The molecule has 4 nitrogen and oxygen atoms in total. The van der Waals surface area contributed by atoms with Gasteiger partial charge in [-0.1, -0.05) is 0 Å². The lowest BCUT2D eigenvalue weighted by atomic mass is 10.3. The summed E-state index contributed by atoms with van der Waals surface area (Å²) in [6.07, 6.45) is 0. The van der Waals surface area contributed by atoms with Crippen molar-refractivity contribution in [2.24, 2.45) is 0 Å². The van der Waals surface area contributed by atoms with Crippen LogP contribution in [0.2, 0.25) is 0 Å². The highest BCUT2D eigenvalue weighted by Gasteiger charge is 2.07. The molecule has 0 amide bonds. The molecule has 0 fully saturated rings. The molecule has 1 aromatic carbocycles. The summed E-state index contributed by atoms with van der Waals surface area (Å²) in [7, 11) is 0. The molecule has 1 aromatic heterocycles. The molecule has 100 valence electrons. The van der Waals surface area contributed by atoms with Crippen LogP contribution in [0.3, 0.4) is 0 Å². The summed E-state index contributed by atoms with van der Waals surface area (Å²) in [6, 6.07) is 10.7. The molecule has 5 heteroatoms. The van der Waals surface area contributed by atoms with Crippen molar-refractivity contribution in [2.75, 3.05) is 6.61 Å². The van der Waals surface area contributed by atoms with Gasteiger partial charge in [0.1, 0.15) is 23.0 Å². The Hall–Kier alpha value is -2.01. The standard InChI is InChI=1S/C14H14O4S/c1-2-17-10-3-5-11(6-4-10)18-9-12-7-8-13(19-12)14(15)16/h3-8H,2,9H2,1H3,(H,15,16). The van der Waals surface area contributed by atoms with E-state index in [0.29, 0.717) is 18.1 Å². The number of hydrogen-bond donors (Lipinski definition) is 1. The minimum absolute atomic E-state index is 0.324. The van der Waals surface area contributed by atoms with E-state index in [0.717, 1.165) is 16.4 Å². The lowest BCUT2D eigenvalue weighted by Crippen LogP contribution is -1.94. The van der Waals surface area contributed by atoms with Gasteiger partial charge in [-0.2, -0.15) is 0 Å². The van der Waals surface area contributed by atoms with Gasteiger partial charge in [-0.05, 0) is 43.3 Å². The molecular formula is C14H14O4S. The number of ether oxygens (including phenoxy) is 2. The van der Waals surface area contributed by atoms with Gasteiger partial charge in [0.25, 0.3) is 0 Å². The largest absolute Gasteiger partial charge is 0.494 e. The Balaban J connectivity index is 1.92. The average molecular weight is 278 g/mol. The lowest BCUT2D eigenvalue weighted by Gasteiger charge is -2.06. The van der Waals surface area contributed by atoms with Crippen LogP contribution in [0.25, 0.3) is 0 Å². The second kappa shape index (κ2) is 6.24. The van der Waals surface area contributed by atoms with Crippen LogP contribution in [0.5, 0.6) is 11.5 Å². The van der Waals surface area contributed by atoms with E-state index in [9.17, 15) is 4.79 Å². The van der Waals surface area contributed by atoms with Crippen LogP contribution in [0, 0.1) is 0 Å². The first-order valence-corrected chi connectivity index (χ1v) is 6.68. The van der Waals surface area contributed by atoms with Gasteiger partial charge < -0.3 is 14.6 Å². The molecule has 0 unspecified atom stereocenters. The molecule has 1 N–H and O–H groups in total. The van der Waals surface area contributed by atoms with Gasteiger partial charge in [0.15, 0.2) is 0 Å². The predicted octanol–water partition coefficient (Wildman–Crippen LogP) is 3.42. The van der Waals surface area contributed by atoms with Crippen molar-refractivity contribution < 1.29 is 19.4 Å². The van der Waals surface area contributed by atoms with Crippen LogP contribution in [-0.4, -0.2) is 17.7 Å². The van der Waals surface area contributed by atoms with E-state index in [1.54, 1.807) is 12.1 Å². The fraction of sp³-hybridized carbons (Fsp3) is 0.214. The van der Waals surface area contributed by atoms with Crippen LogP contribution in [0.4, 0.5) is 0 Å².